The van der Waals surface area contributed by atoms with Gasteiger partial charge in [-0.15, -0.1) is 0 Å². The smallest absolute Gasteiger partial charge is 0.0619 e. The van der Waals surface area contributed by atoms with E-state index in [0.717, 1.165) is 25.2 Å². The van der Waals surface area contributed by atoms with E-state index in [1.165, 1.54) is 44.9 Å². The Morgan fingerprint density at radius 3 is 2.67 bits per heavy atom. The van der Waals surface area contributed by atoms with Gasteiger partial charge in [-0.3, -0.25) is 0 Å². The van der Waals surface area contributed by atoms with E-state index in [1.54, 1.807) is 0 Å². The molecule has 88 valence electrons. The highest BCUT2D eigenvalue weighted by Gasteiger charge is 2.23. The molecule has 1 aliphatic heterocycles. The van der Waals surface area contributed by atoms with Gasteiger partial charge in [-0.2, -0.15) is 0 Å². The fourth-order valence-corrected chi connectivity index (χ4v) is 2.92. The number of ether oxygens (including phenoxy) is 1. The molecule has 2 heteroatoms. The minimum atomic E-state index is 0.629. The molecule has 2 rings (SSSR count). The zero-order chi connectivity index (χ0) is 10.5. The quantitative estimate of drug-likeness (QED) is 0.709. The minimum Gasteiger partial charge on any atom is -0.380 e. The lowest BCUT2D eigenvalue weighted by Crippen LogP contribution is -2.45. The van der Waals surface area contributed by atoms with Gasteiger partial charge in [0.2, 0.25) is 0 Å². The summed E-state index contributed by atoms with van der Waals surface area (Å²) in [6.07, 6.45) is 9.60. The molecular weight excluding hydrogens is 186 g/mol. The molecule has 2 fully saturated rings. The van der Waals surface area contributed by atoms with Gasteiger partial charge in [-0.1, -0.05) is 26.2 Å². The summed E-state index contributed by atoms with van der Waals surface area (Å²) in [6.45, 7) is 4.31. The predicted molar refractivity (Wildman–Crippen MR) is 63.0 cm³/mol. The van der Waals surface area contributed by atoms with E-state index >= 15 is 0 Å². The molecule has 1 aliphatic carbocycles. The summed E-state index contributed by atoms with van der Waals surface area (Å²) in [5, 5.41) is 3.82. The highest BCUT2D eigenvalue weighted by molar-refractivity contribution is 4.81. The van der Waals surface area contributed by atoms with E-state index in [1.807, 2.05) is 0 Å². The summed E-state index contributed by atoms with van der Waals surface area (Å²) in [5.41, 5.74) is 0. The highest BCUT2D eigenvalue weighted by atomic mass is 16.5. The molecule has 0 bridgehead atoms. The zero-order valence-corrected chi connectivity index (χ0v) is 10.0. The van der Waals surface area contributed by atoms with Crippen LogP contribution in [-0.2, 0) is 4.74 Å². The molecular formula is C13H25NO. The average Bonchev–Trinajstić information content (AvgIpc) is 2.46. The standard InChI is InChI=1S/C13H25NO/c1-11-6-3-2-4-8-13(11)14-12-7-5-9-15-10-12/h11-14H,2-10H2,1H3. The lowest BCUT2D eigenvalue weighted by atomic mass is 9.95. The second-order valence-corrected chi connectivity index (χ2v) is 5.30. The number of nitrogens with one attached hydrogen (secondary N) is 1. The van der Waals surface area contributed by atoms with Gasteiger partial charge in [-0.05, 0) is 31.6 Å². The minimum absolute atomic E-state index is 0.629. The van der Waals surface area contributed by atoms with Crippen molar-refractivity contribution in [3.05, 3.63) is 0 Å². The van der Waals surface area contributed by atoms with E-state index in [2.05, 4.69) is 12.2 Å². The molecule has 15 heavy (non-hydrogen) atoms. The summed E-state index contributed by atoms with van der Waals surface area (Å²) >= 11 is 0. The molecule has 1 saturated carbocycles. The molecule has 3 unspecified atom stereocenters. The highest BCUT2D eigenvalue weighted by Crippen LogP contribution is 2.24. The van der Waals surface area contributed by atoms with Crippen LogP contribution in [0.1, 0.15) is 51.9 Å². The Bertz CT molecular complexity index is 177. The first-order chi connectivity index (χ1) is 7.36. The average molecular weight is 211 g/mol. The van der Waals surface area contributed by atoms with Crippen molar-refractivity contribution in [3.63, 3.8) is 0 Å². The first-order valence-electron chi connectivity index (χ1n) is 6.70. The number of rotatable bonds is 2. The lowest BCUT2D eigenvalue weighted by molar-refractivity contribution is 0.0629. The van der Waals surface area contributed by atoms with Crippen LogP contribution in [0.2, 0.25) is 0 Å². The summed E-state index contributed by atoms with van der Waals surface area (Å²) < 4.78 is 5.53. The van der Waals surface area contributed by atoms with Gasteiger partial charge >= 0.3 is 0 Å². The molecule has 0 spiro atoms. The lowest BCUT2D eigenvalue weighted by Gasteiger charge is -2.31. The van der Waals surface area contributed by atoms with Gasteiger partial charge in [-0.25, -0.2) is 0 Å². The maximum Gasteiger partial charge on any atom is 0.0619 e. The summed E-state index contributed by atoms with van der Waals surface area (Å²) in [4.78, 5) is 0. The third-order valence-corrected chi connectivity index (χ3v) is 3.97. The van der Waals surface area contributed by atoms with E-state index in [0.29, 0.717) is 6.04 Å². The molecule has 2 nitrogen and oxygen atoms in total. The SMILES string of the molecule is CC1CCCCCC1NC1CCCOC1. The number of hydrogen-bond acceptors (Lipinski definition) is 2. The van der Waals surface area contributed by atoms with Gasteiger partial charge in [0.15, 0.2) is 0 Å². The fourth-order valence-electron chi connectivity index (χ4n) is 2.92. The van der Waals surface area contributed by atoms with Crippen LogP contribution in [0, 0.1) is 5.92 Å². The van der Waals surface area contributed by atoms with Crippen molar-refractivity contribution in [3.8, 4) is 0 Å². The number of hydrogen-bond donors (Lipinski definition) is 1. The summed E-state index contributed by atoms with van der Waals surface area (Å²) in [6, 6.07) is 1.38. The third kappa shape index (κ3) is 3.46. The molecule has 0 aromatic rings. The van der Waals surface area contributed by atoms with E-state index in [-0.39, 0.29) is 0 Å². The second-order valence-electron chi connectivity index (χ2n) is 5.30. The van der Waals surface area contributed by atoms with E-state index in [9.17, 15) is 0 Å². The summed E-state index contributed by atoms with van der Waals surface area (Å²) in [7, 11) is 0. The van der Waals surface area contributed by atoms with E-state index < -0.39 is 0 Å². The van der Waals surface area contributed by atoms with Gasteiger partial charge < -0.3 is 10.1 Å². The molecule has 2 aliphatic rings. The molecule has 0 aromatic heterocycles. The fraction of sp³-hybridized carbons (Fsp3) is 1.00. The normalized spacial score (nSPS) is 38.6. The van der Waals surface area contributed by atoms with Crippen molar-refractivity contribution < 1.29 is 4.74 Å². The van der Waals surface area contributed by atoms with Crippen LogP contribution < -0.4 is 5.32 Å². The van der Waals surface area contributed by atoms with Crippen molar-refractivity contribution >= 4 is 0 Å². The molecule has 1 N–H and O–H groups in total. The van der Waals surface area contributed by atoms with Gasteiger partial charge in [0, 0.05) is 18.7 Å². The van der Waals surface area contributed by atoms with Crippen LogP contribution in [0.15, 0.2) is 0 Å². The molecule has 1 heterocycles. The largest absolute Gasteiger partial charge is 0.380 e. The van der Waals surface area contributed by atoms with Crippen LogP contribution in [-0.4, -0.2) is 25.3 Å². The first kappa shape index (κ1) is 11.4. The van der Waals surface area contributed by atoms with Crippen molar-refractivity contribution in [1.29, 1.82) is 0 Å². The topological polar surface area (TPSA) is 21.3 Å². The molecule has 0 amide bonds. The van der Waals surface area contributed by atoms with Crippen LogP contribution in [0.4, 0.5) is 0 Å². The zero-order valence-electron chi connectivity index (χ0n) is 10.0. The Morgan fingerprint density at radius 2 is 1.87 bits per heavy atom. The molecule has 0 radical (unpaired) electrons. The monoisotopic (exact) mass is 211 g/mol. The Balaban J connectivity index is 1.79. The first-order valence-corrected chi connectivity index (χ1v) is 6.70. The van der Waals surface area contributed by atoms with Crippen molar-refractivity contribution in [2.45, 2.75) is 64.0 Å². The van der Waals surface area contributed by atoms with Crippen LogP contribution in [0.3, 0.4) is 0 Å². The van der Waals surface area contributed by atoms with Crippen molar-refractivity contribution in [1.82, 2.24) is 5.32 Å². The molecule has 3 atom stereocenters. The van der Waals surface area contributed by atoms with Crippen molar-refractivity contribution in [2.75, 3.05) is 13.2 Å². The van der Waals surface area contributed by atoms with Gasteiger partial charge in [0.25, 0.3) is 0 Å². The summed E-state index contributed by atoms with van der Waals surface area (Å²) in [5.74, 6) is 0.856. The third-order valence-electron chi connectivity index (χ3n) is 3.97. The van der Waals surface area contributed by atoms with Gasteiger partial charge in [0.05, 0.1) is 6.61 Å². The maximum atomic E-state index is 5.53. The van der Waals surface area contributed by atoms with Crippen molar-refractivity contribution in [2.24, 2.45) is 5.92 Å². The predicted octanol–water partition coefficient (Wildman–Crippen LogP) is 2.72. The van der Waals surface area contributed by atoms with Crippen LogP contribution in [0.25, 0.3) is 0 Å². The maximum absolute atomic E-state index is 5.53. The van der Waals surface area contributed by atoms with Gasteiger partial charge in [0.1, 0.15) is 0 Å². The molecule has 0 aromatic carbocycles. The van der Waals surface area contributed by atoms with Crippen LogP contribution >= 0.6 is 0 Å². The van der Waals surface area contributed by atoms with E-state index in [4.69, 9.17) is 4.74 Å². The Labute approximate surface area is 93.8 Å². The Hall–Kier alpha value is -0.0800. The Morgan fingerprint density at radius 1 is 1.00 bits per heavy atom. The second kappa shape index (κ2) is 5.86. The van der Waals surface area contributed by atoms with Crippen LogP contribution in [0.5, 0.6) is 0 Å². The Kier molecular flexibility index (Phi) is 4.45. The molecule has 1 saturated heterocycles.